The predicted molar refractivity (Wildman–Crippen MR) is 81.1 cm³/mol. The predicted octanol–water partition coefficient (Wildman–Crippen LogP) is 0.832. The van der Waals surface area contributed by atoms with Gasteiger partial charge in [-0.25, -0.2) is 0 Å². The Balaban J connectivity index is 2.34. The monoisotopic (exact) mass is 302 g/mol. The van der Waals surface area contributed by atoms with Crippen LogP contribution in [0.4, 0.5) is 0 Å². The van der Waals surface area contributed by atoms with E-state index < -0.39 is 5.54 Å². The zero-order valence-corrected chi connectivity index (χ0v) is 13.4. The molecule has 0 saturated heterocycles. The van der Waals surface area contributed by atoms with Crippen molar-refractivity contribution in [3.63, 3.8) is 0 Å². The smallest absolute Gasteiger partial charge is 0.237 e. The summed E-state index contributed by atoms with van der Waals surface area (Å²) in [5, 5.41) is 3.33. The Morgan fingerprint density at radius 2 is 2.10 bits per heavy atom. The molecule has 6 nitrogen and oxygen atoms in total. The SMILES string of the molecule is CCCNC1(C(N)=O)CCCC(OCCOCCOC)C1. The summed E-state index contributed by atoms with van der Waals surface area (Å²) in [5.74, 6) is -0.263. The summed E-state index contributed by atoms with van der Waals surface area (Å²) in [7, 11) is 1.65. The first-order valence-corrected chi connectivity index (χ1v) is 7.88. The molecule has 1 rings (SSSR count). The molecule has 1 aliphatic rings. The van der Waals surface area contributed by atoms with Gasteiger partial charge in [0.25, 0.3) is 0 Å². The molecule has 124 valence electrons. The van der Waals surface area contributed by atoms with Crippen molar-refractivity contribution in [3.05, 3.63) is 0 Å². The van der Waals surface area contributed by atoms with E-state index >= 15 is 0 Å². The second kappa shape index (κ2) is 10.1. The van der Waals surface area contributed by atoms with Gasteiger partial charge in [0.2, 0.25) is 5.91 Å². The number of methoxy groups -OCH3 is 1. The van der Waals surface area contributed by atoms with Crippen molar-refractivity contribution in [2.75, 3.05) is 40.1 Å². The highest BCUT2D eigenvalue weighted by molar-refractivity contribution is 5.84. The van der Waals surface area contributed by atoms with Crippen LogP contribution in [0.2, 0.25) is 0 Å². The minimum atomic E-state index is -0.601. The van der Waals surface area contributed by atoms with Crippen molar-refractivity contribution in [2.45, 2.75) is 50.7 Å². The van der Waals surface area contributed by atoms with Crippen LogP contribution in [0.5, 0.6) is 0 Å². The Kier molecular flexibility index (Phi) is 8.84. The average Bonchev–Trinajstić information content (AvgIpc) is 2.49. The summed E-state index contributed by atoms with van der Waals surface area (Å²) in [6, 6.07) is 0. The van der Waals surface area contributed by atoms with E-state index in [9.17, 15) is 4.79 Å². The summed E-state index contributed by atoms with van der Waals surface area (Å²) >= 11 is 0. The highest BCUT2D eigenvalue weighted by Gasteiger charge is 2.41. The first-order chi connectivity index (χ1) is 10.1. The molecular weight excluding hydrogens is 272 g/mol. The van der Waals surface area contributed by atoms with Crippen molar-refractivity contribution < 1.29 is 19.0 Å². The molecule has 0 aromatic carbocycles. The van der Waals surface area contributed by atoms with Crippen molar-refractivity contribution in [1.82, 2.24) is 5.32 Å². The van der Waals surface area contributed by atoms with Crippen molar-refractivity contribution in [2.24, 2.45) is 5.73 Å². The molecule has 2 atom stereocenters. The molecule has 0 radical (unpaired) electrons. The molecule has 1 fully saturated rings. The van der Waals surface area contributed by atoms with Crippen LogP contribution >= 0.6 is 0 Å². The fourth-order valence-electron chi connectivity index (χ4n) is 2.72. The molecule has 0 aliphatic heterocycles. The molecule has 1 saturated carbocycles. The lowest BCUT2D eigenvalue weighted by molar-refractivity contribution is -0.128. The van der Waals surface area contributed by atoms with Crippen LogP contribution in [0.3, 0.4) is 0 Å². The van der Waals surface area contributed by atoms with Crippen LogP contribution in [0.1, 0.15) is 39.0 Å². The summed E-state index contributed by atoms with van der Waals surface area (Å²) in [5.41, 5.74) is 5.02. The van der Waals surface area contributed by atoms with Crippen LogP contribution < -0.4 is 11.1 Å². The van der Waals surface area contributed by atoms with Gasteiger partial charge >= 0.3 is 0 Å². The lowest BCUT2D eigenvalue weighted by Crippen LogP contribution is -2.59. The third-order valence-electron chi connectivity index (χ3n) is 3.90. The summed E-state index contributed by atoms with van der Waals surface area (Å²) in [6.07, 6.45) is 4.43. The Hall–Kier alpha value is -0.690. The Labute approximate surface area is 127 Å². The Morgan fingerprint density at radius 3 is 2.76 bits per heavy atom. The highest BCUT2D eigenvalue weighted by atomic mass is 16.5. The largest absolute Gasteiger partial charge is 0.382 e. The number of primary amides is 1. The third-order valence-corrected chi connectivity index (χ3v) is 3.90. The van der Waals surface area contributed by atoms with Crippen molar-refractivity contribution in [1.29, 1.82) is 0 Å². The molecule has 0 bridgehead atoms. The van der Waals surface area contributed by atoms with Gasteiger partial charge in [-0.2, -0.15) is 0 Å². The Bertz CT molecular complexity index is 301. The van der Waals surface area contributed by atoms with Gasteiger partial charge in [0.1, 0.15) is 5.54 Å². The molecule has 0 spiro atoms. The van der Waals surface area contributed by atoms with E-state index in [4.69, 9.17) is 19.9 Å². The second-order valence-corrected chi connectivity index (χ2v) is 5.57. The van der Waals surface area contributed by atoms with Gasteiger partial charge in [0.15, 0.2) is 0 Å². The number of nitrogens with two attached hydrogens (primary N) is 1. The van der Waals surface area contributed by atoms with Crippen molar-refractivity contribution >= 4 is 5.91 Å². The summed E-state index contributed by atoms with van der Waals surface area (Å²) in [6.45, 7) is 5.14. The van der Waals surface area contributed by atoms with E-state index in [1.807, 2.05) is 0 Å². The van der Waals surface area contributed by atoms with Crippen LogP contribution in [0.15, 0.2) is 0 Å². The second-order valence-electron chi connectivity index (χ2n) is 5.57. The zero-order valence-electron chi connectivity index (χ0n) is 13.4. The van der Waals surface area contributed by atoms with Gasteiger partial charge in [0, 0.05) is 13.5 Å². The van der Waals surface area contributed by atoms with Gasteiger partial charge in [-0.05, 0) is 32.2 Å². The molecular formula is C15H30N2O4. The van der Waals surface area contributed by atoms with Gasteiger partial charge < -0.3 is 25.3 Å². The number of carbonyl (C=O) groups excluding carboxylic acids is 1. The maximum Gasteiger partial charge on any atom is 0.237 e. The van der Waals surface area contributed by atoms with E-state index in [1.54, 1.807) is 7.11 Å². The molecule has 21 heavy (non-hydrogen) atoms. The number of amides is 1. The number of nitrogens with one attached hydrogen (secondary N) is 1. The molecule has 2 unspecified atom stereocenters. The first-order valence-electron chi connectivity index (χ1n) is 7.88. The maximum absolute atomic E-state index is 11.8. The van der Waals surface area contributed by atoms with Crippen LogP contribution in [0, 0.1) is 0 Å². The minimum Gasteiger partial charge on any atom is -0.382 e. The van der Waals surface area contributed by atoms with Gasteiger partial charge in [0.05, 0.1) is 32.5 Å². The average molecular weight is 302 g/mol. The fraction of sp³-hybridized carbons (Fsp3) is 0.933. The molecule has 3 N–H and O–H groups in total. The lowest BCUT2D eigenvalue weighted by Gasteiger charge is -2.39. The number of carbonyl (C=O) groups is 1. The molecule has 6 heteroatoms. The van der Waals surface area contributed by atoms with Gasteiger partial charge in [-0.15, -0.1) is 0 Å². The normalized spacial score (nSPS) is 25.9. The number of ether oxygens (including phenoxy) is 3. The van der Waals surface area contributed by atoms with E-state index in [0.717, 1.165) is 32.2 Å². The van der Waals surface area contributed by atoms with Gasteiger partial charge in [-0.3, -0.25) is 4.79 Å². The number of hydrogen-bond acceptors (Lipinski definition) is 5. The molecule has 0 heterocycles. The molecule has 1 aliphatic carbocycles. The van der Waals surface area contributed by atoms with Crippen LogP contribution in [0.25, 0.3) is 0 Å². The summed E-state index contributed by atoms with van der Waals surface area (Å²) < 4.78 is 16.1. The van der Waals surface area contributed by atoms with Crippen LogP contribution in [-0.2, 0) is 19.0 Å². The van der Waals surface area contributed by atoms with Crippen molar-refractivity contribution in [3.8, 4) is 0 Å². The highest BCUT2D eigenvalue weighted by Crippen LogP contribution is 2.30. The molecule has 0 aromatic heterocycles. The van der Waals surface area contributed by atoms with Crippen LogP contribution in [-0.4, -0.2) is 57.6 Å². The number of rotatable bonds is 11. The standard InChI is InChI=1S/C15H30N2O4/c1-3-7-17-15(14(16)18)6-4-5-13(12-15)21-11-10-20-9-8-19-2/h13,17H,3-12H2,1-2H3,(H2,16,18). The maximum atomic E-state index is 11.8. The van der Waals surface area contributed by atoms with E-state index in [0.29, 0.717) is 32.8 Å². The first kappa shape index (κ1) is 18.4. The quantitative estimate of drug-likeness (QED) is 0.552. The van der Waals surface area contributed by atoms with E-state index in [2.05, 4.69) is 12.2 Å². The summed E-state index contributed by atoms with van der Waals surface area (Å²) in [4.78, 5) is 11.8. The topological polar surface area (TPSA) is 82.8 Å². The fourth-order valence-corrected chi connectivity index (χ4v) is 2.72. The number of hydrogen-bond donors (Lipinski definition) is 2. The molecule has 1 amide bonds. The molecule has 0 aromatic rings. The van der Waals surface area contributed by atoms with Gasteiger partial charge in [-0.1, -0.05) is 6.92 Å². The zero-order chi connectivity index (χ0) is 15.6. The lowest BCUT2D eigenvalue weighted by atomic mass is 9.79. The minimum absolute atomic E-state index is 0.0710. The van der Waals surface area contributed by atoms with E-state index in [1.165, 1.54) is 0 Å². The Morgan fingerprint density at radius 1 is 1.33 bits per heavy atom. The third kappa shape index (κ3) is 6.30. The van der Waals surface area contributed by atoms with E-state index in [-0.39, 0.29) is 12.0 Å².